The molecular weight excluding hydrogens is 438 g/mol. The van der Waals surface area contributed by atoms with Gasteiger partial charge in [-0.3, -0.25) is 0 Å². The quantitative estimate of drug-likeness (QED) is 0.480. The Morgan fingerprint density at radius 1 is 0.231 bits per heavy atom. The molecule has 0 nitrogen and oxygen atoms in total. The third-order valence-corrected chi connectivity index (χ3v) is 2.83. The first-order valence-electron chi connectivity index (χ1n) is 5.15. The van der Waals surface area contributed by atoms with Gasteiger partial charge in [0.25, 0.3) is 0 Å². The Morgan fingerprint density at radius 2 is 0.462 bits per heavy atom. The molecule has 0 bridgehead atoms. The zero-order valence-corrected chi connectivity index (χ0v) is 10.8. The SMILES string of the molecule is FC(F)(F)C(F)(F)C(F)(F)C(F)(C(F)(F)F)C(F)(C(F)(F)F)C(F)(F)F. The molecule has 0 aromatic carbocycles. The fourth-order valence-corrected chi connectivity index (χ4v) is 1.54. The predicted molar refractivity (Wildman–Crippen MR) is 41.8 cm³/mol. The molecule has 26 heavy (non-hydrogen) atoms. The van der Waals surface area contributed by atoms with E-state index in [-0.39, 0.29) is 0 Å². The van der Waals surface area contributed by atoms with Crippen LogP contribution in [0, 0.1) is 0 Å². The molecule has 0 saturated carbocycles. The van der Waals surface area contributed by atoms with E-state index in [9.17, 15) is 79.0 Å². The summed E-state index contributed by atoms with van der Waals surface area (Å²) < 4.78 is 223. The highest BCUT2D eigenvalue weighted by Gasteiger charge is 3.00. The molecule has 0 rings (SSSR count). The van der Waals surface area contributed by atoms with Crippen molar-refractivity contribution in [1.82, 2.24) is 0 Å². The second-order valence-corrected chi connectivity index (χ2v) is 4.46. The summed E-state index contributed by atoms with van der Waals surface area (Å²) in [6.45, 7) is 0. The third kappa shape index (κ3) is 2.82. The van der Waals surface area contributed by atoms with E-state index in [0.29, 0.717) is 0 Å². The van der Waals surface area contributed by atoms with Crippen LogP contribution in [0.15, 0.2) is 0 Å². The molecule has 0 aliphatic heterocycles. The second kappa shape index (κ2) is 5.62. The minimum Gasteiger partial charge on any atom is -0.222 e. The molecule has 0 aliphatic rings. The Kier molecular flexibility index (Phi) is 5.35. The maximum absolute atomic E-state index is 13.5. The van der Waals surface area contributed by atoms with Gasteiger partial charge >= 0.3 is 47.9 Å². The first kappa shape index (κ1) is 24.7. The van der Waals surface area contributed by atoms with Crippen molar-refractivity contribution in [2.45, 2.75) is 47.9 Å². The van der Waals surface area contributed by atoms with Crippen LogP contribution in [0.1, 0.15) is 0 Å². The summed E-state index contributed by atoms with van der Waals surface area (Å²) in [5.41, 5.74) is -18.0. The molecule has 1 unspecified atom stereocenters. The Labute approximate surface area is 128 Å². The molecule has 0 aliphatic carbocycles. The van der Waals surface area contributed by atoms with Crippen molar-refractivity contribution in [3.05, 3.63) is 0 Å². The maximum Gasteiger partial charge on any atom is 0.460 e. The first-order valence-corrected chi connectivity index (χ1v) is 5.15. The van der Waals surface area contributed by atoms with Gasteiger partial charge in [0.05, 0.1) is 0 Å². The number of rotatable bonds is 3. The standard InChI is InChI=1S/C8F18/c9-1(5(15,16)17,2(10,6(18,19)20)7(21,22)23)3(11,12)4(13,14)8(24,25)26. The van der Waals surface area contributed by atoms with Crippen molar-refractivity contribution in [1.29, 1.82) is 0 Å². The van der Waals surface area contributed by atoms with Crippen molar-refractivity contribution >= 4 is 0 Å². The van der Waals surface area contributed by atoms with E-state index in [1.807, 2.05) is 0 Å². The summed E-state index contributed by atoms with van der Waals surface area (Å²) in [4.78, 5) is 0. The van der Waals surface area contributed by atoms with E-state index in [4.69, 9.17) is 0 Å². The summed E-state index contributed by atoms with van der Waals surface area (Å²) in [5, 5.41) is 0. The van der Waals surface area contributed by atoms with Crippen LogP contribution in [0.3, 0.4) is 0 Å². The molecule has 0 heterocycles. The van der Waals surface area contributed by atoms with Gasteiger partial charge in [0.1, 0.15) is 0 Å². The van der Waals surface area contributed by atoms with Crippen LogP contribution in [0.2, 0.25) is 0 Å². The van der Waals surface area contributed by atoms with E-state index in [1.165, 1.54) is 0 Å². The number of halogens is 18. The largest absolute Gasteiger partial charge is 0.460 e. The highest BCUT2D eigenvalue weighted by Crippen LogP contribution is 2.67. The van der Waals surface area contributed by atoms with Crippen molar-refractivity contribution < 1.29 is 79.0 Å². The maximum atomic E-state index is 13.5. The fourth-order valence-electron chi connectivity index (χ4n) is 1.54. The highest BCUT2D eigenvalue weighted by atomic mass is 19.4. The summed E-state index contributed by atoms with van der Waals surface area (Å²) in [7, 11) is 0. The van der Waals surface area contributed by atoms with Gasteiger partial charge in [0.15, 0.2) is 0 Å². The van der Waals surface area contributed by atoms with Crippen LogP contribution < -0.4 is 0 Å². The van der Waals surface area contributed by atoms with E-state index in [0.717, 1.165) is 0 Å². The Hall–Kier alpha value is -1.26. The van der Waals surface area contributed by atoms with Gasteiger partial charge in [-0.2, -0.15) is 70.2 Å². The van der Waals surface area contributed by atoms with Crippen LogP contribution in [0.25, 0.3) is 0 Å². The molecule has 0 N–H and O–H groups in total. The van der Waals surface area contributed by atoms with E-state index < -0.39 is 47.9 Å². The van der Waals surface area contributed by atoms with Crippen LogP contribution in [0.5, 0.6) is 0 Å². The van der Waals surface area contributed by atoms with E-state index >= 15 is 0 Å². The minimum absolute atomic E-state index is 8.00. The first-order chi connectivity index (χ1) is 10.8. The molecule has 0 amide bonds. The average Bonchev–Trinajstić information content (AvgIpc) is 2.30. The normalized spacial score (nSPS) is 18.7. The average molecular weight is 438 g/mol. The highest BCUT2D eigenvalue weighted by molar-refractivity contribution is 5.23. The van der Waals surface area contributed by atoms with Gasteiger partial charge in [0, 0.05) is 0 Å². The molecule has 0 radical (unpaired) electrons. The number of hydrogen-bond donors (Lipinski definition) is 0. The van der Waals surface area contributed by atoms with Gasteiger partial charge in [-0.15, -0.1) is 0 Å². The molecule has 158 valence electrons. The number of alkyl halides is 18. The van der Waals surface area contributed by atoms with Crippen LogP contribution in [-0.2, 0) is 0 Å². The van der Waals surface area contributed by atoms with Crippen LogP contribution >= 0.6 is 0 Å². The van der Waals surface area contributed by atoms with Gasteiger partial charge in [0.2, 0.25) is 0 Å². The fraction of sp³-hybridized carbons (Fsp3) is 1.00. The van der Waals surface area contributed by atoms with Gasteiger partial charge in [-0.1, -0.05) is 0 Å². The van der Waals surface area contributed by atoms with Gasteiger partial charge in [-0.25, -0.2) is 8.78 Å². The molecule has 0 aromatic heterocycles. The van der Waals surface area contributed by atoms with Crippen molar-refractivity contribution in [2.75, 3.05) is 0 Å². The van der Waals surface area contributed by atoms with E-state index in [2.05, 4.69) is 0 Å². The molecule has 18 heteroatoms. The van der Waals surface area contributed by atoms with E-state index in [1.54, 1.807) is 0 Å². The Bertz CT molecular complexity index is 497. The Balaban J connectivity index is 7.38. The van der Waals surface area contributed by atoms with Crippen molar-refractivity contribution in [3.8, 4) is 0 Å². The smallest absolute Gasteiger partial charge is 0.222 e. The van der Waals surface area contributed by atoms with Crippen LogP contribution in [-0.4, -0.2) is 47.9 Å². The van der Waals surface area contributed by atoms with Gasteiger partial charge < -0.3 is 0 Å². The van der Waals surface area contributed by atoms with Gasteiger partial charge in [-0.05, 0) is 0 Å². The molecule has 0 aromatic rings. The lowest BCUT2D eigenvalue weighted by Gasteiger charge is -2.46. The lowest BCUT2D eigenvalue weighted by Crippen LogP contribution is -2.81. The number of hydrogen-bond acceptors (Lipinski definition) is 0. The topological polar surface area (TPSA) is 0 Å². The lowest BCUT2D eigenvalue weighted by molar-refractivity contribution is -0.479. The van der Waals surface area contributed by atoms with Crippen molar-refractivity contribution in [2.24, 2.45) is 0 Å². The minimum atomic E-state index is -9.12. The molecule has 0 saturated heterocycles. The van der Waals surface area contributed by atoms with Crippen molar-refractivity contribution in [3.63, 3.8) is 0 Å². The third-order valence-electron chi connectivity index (χ3n) is 2.83. The molecular formula is C8F18. The summed E-state index contributed by atoms with van der Waals surface area (Å²) in [5.74, 6) is -17.4. The molecule has 0 spiro atoms. The Morgan fingerprint density at radius 3 is 0.615 bits per heavy atom. The summed E-state index contributed by atoms with van der Waals surface area (Å²) in [6.07, 6.45) is -33.3. The predicted octanol–water partition coefficient (Wildman–Crippen LogP) is 5.92. The second-order valence-electron chi connectivity index (χ2n) is 4.46. The lowest BCUT2D eigenvalue weighted by atomic mass is 9.76. The zero-order valence-electron chi connectivity index (χ0n) is 10.8. The summed E-state index contributed by atoms with van der Waals surface area (Å²) in [6, 6.07) is 0. The summed E-state index contributed by atoms with van der Waals surface area (Å²) >= 11 is 0. The monoisotopic (exact) mass is 438 g/mol. The molecule has 0 fully saturated rings. The molecule has 1 atom stereocenters. The van der Waals surface area contributed by atoms with Crippen LogP contribution in [0.4, 0.5) is 79.0 Å². The zero-order chi connectivity index (χ0) is 22.0.